The van der Waals surface area contributed by atoms with Gasteiger partial charge in [0.1, 0.15) is 5.69 Å². The number of pyridine rings is 1. The zero-order chi connectivity index (χ0) is 23.6. The third kappa shape index (κ3) is 4.49. The smallest absolute Gasteiger partial charge is 0.356 e. The van der Waals surface area contributed by atoms with Crippen LogP contribution in [0, 0.1) is 11.8 Å². The van der Waals surface area contributed by atoms with E-state index in [1.807, 2.05) is 37.4 Å². The van der Waals surface area contributed by atoms with Crippen molar-refractivity contribution in [1.82, 2.24) is 19.7 Å². The number of aliphatic hydroxyl groups is 1. The number of carbonyl (C=O) groups excluding carboxylic acids is 2. The van der Waals surface area contributed by atoms with Crippen molar-refractivity contribution in [1.29, 1.82) is 0 Å². The quantitative estimate of drug-likeness (QED) is 0.490. The SMILES string of the molecule is CCOC(=O)c1cc(-c2ccnn2C)cc(-c2cccc(C#CC3(O)CCN(C)C3=O)c2)n1. The van der Waals surface area contributed by atoms with E-state index in [1.54, 1.807) is 37.0 Å². The summed E-state index contributed by atoms with van der Waals surface area (Å²) >= 11 is 0. The Morgan fingerprint density at radius 2 is 2.03 bits per heavy atom. The number of likely N-dealkylation sites (N-methyl/N-ethyl adjacent to an activating group) is 1. The van der Waals surface area contributed by atoms with Crippen LogP contribution < -0.4 is 0 Å². The molecular weight excluding hydrogens is 420 g/mol. The van der Waals surface area contributed by atoms with Gasteiger partial charge in [-0.1, -0.05) is 24.0 Å². The minimum absolute atomic E-state index is 0.191. The average Bonchev–Trinajstić information content (AvgIpc) is 3.36. The Kier molecular flexibility index (Phi) is 5.99. The molecule has 0 saturated carbocycles. The molecule has 1 aliphatic rings. The van der Waals surface area contributed by atoms with Crippen LogP contribution in [-0.4, -0.2) is 62.4 Å². The van der Waals surface area contributed by atoms with E-state index in [1.165, 1.54) is 4.90 Å². The van der Waals surface area contributed by atoms with Crippen molar-refractivity contribution in [2.75, 3.05) is 20.2 Å². The van der Waals surface area contributed by atoms with Crippen molar-refractivity contribution >= 4 is 11.9 Å². The molecule has 8 nitrogen and oxygen atoms in total. The maximum absolute atomic E-state index is 12.5. The summed E-state index contributed by atoms with van der Waals surface area (Å²) in [5.41, 5.74) is 2.04. The number of ether oxygens (including phenoxy) is 1. The van der Waals surface area contributed by atoms with Gasteiger partial charge in [-0.3, -0.25) is 9.48 Å². The van der Waals surface area contributed by atoms with Crippen LogP contribution >= 0.6 is 0 Å². The molecule has 1 aliphatic heterocycles. The summed E-state index contributed by atoms with van der Waals surface area (Å²) in [6, 6.07) is 12.7. The Morgan fingerprint density at radius 1 is 1.21 bits per heavy atom. The highest BCUT2D eigenvalue weighted by Gasteiger charge is 2.42. The number of hydrogen-bond donors (Lipinski definition) is 1. The van der Waals surface area contributed by atoms with E-state index in [2.05, 4.69) is 21.9 Å². The maximum Gasteiger partial charge on any atom is 0.356 e. The van der Waals surface area contributed by atoms with Crippen LogP contribution in [0.4, 0.5) is 0 Å². The molecule has 1 saturated heterocycles. The van der Waals surface area contributed by atoms with Gasteiger partial charge in [0.05, 0.1) is 18.0 Å². The lowest BCUT2D eigenvalue weighted by Crippen LogP contribution is -2.37. The molecule has 1 N–H and O–H groups in total. The van der Waals surface area contributed by atoms with E-state index in [0.29, 0.717) is 17.8 Å². The fraction of sp³-hybridized carbons (Fsp3) is 0.280. The Morgan fingerprint density at radius 3 is 2.70 bits per heavy atom. The second-order valence-corrected chi connectivity index (χ2v) is 7.85. The molecule has 1 amide bonds. The molecule has 8 heteroatoms. The van der Waals surface area contributed by atoms with Gasteiger partial charge in [0.15, 0.2) is 0 Å². The second-order valence-electron chi connectivity index (χ2n) is 7.85. The minimum Gasteiger partial charge on any atom is -0.461 e. The van der Waals surface area contributed by atoms with Gasteiger partial charge in [-0.25, -0.2) is 9.78 Å². The molecule has 1 aromatic carbocycles. The lowest BCUT2D eigenvalue weighted by molar-refractivity contribution is -0.137. The Labute approximate surface area is 191 Å². The average molecular weight is 444 g/mol. The number of aromatic nitrogens is 3. The summed E-state index contributed by atoms with van der Waals surface area (Å²) in [5, 5.41) is 14.8. The summed E-state index contributed by atoms with van der Waals surface area (Å²) in [7, 11) is 3.47. The molecule has 1 atom stereocenters. The molecule has 0 spiro atoms. The number of aryl methyl sites for hydroxylation is 1. The number of benzene rings is 1. The van der Waals surface area contributed by atoms with Gasteiger partial charge in [-0.2, -0.15) is 5.10 Å². The zero-order valence-corrected chi connectivity index (χ0v) is 18.7. The number of nitrogens with zero attached hydrogens (tertiary/aromatic N) is 4. The zero-order valence-electron chi connectivity index (χ0n) is 18.7. The molecule has 3 heterocycles. The van der Waals surface area contributed by atoms with Crippen molar-refractivity contribution < 1.29 is 19.4 Å². The fourth-order valence-electron chi connectivity index (χ4n) is 3.69. The number of likely N-dealkylation sites (tertiary alicyclic amines) is 1. The van der Waals surface area contributed by atoms with Crippen LogP contribution in [0.1, 0.15) is 29.4 Å². The van der Waals surface area contributed by atoms with E-state index in [0.717, 1.165) is 16.8 Å². The molecule has 168 valence electrons. The molecule has 2 aromatic heterocycles. The molecule has 4 rings (SSSR count). The van der Waals surface area contributed by atoms with E-state index in [4.69, 9.17) is 4.74 Å². The molecule has 1 unspecified atom stereocenters. The summed E-state index contributed by atoms with van der Waals surface area (Å²) in [6.45, 7) is 2.45. The first-order chi connectivity index (χ1) is 15.8. The number of esters is 1. The van der Waals surface area contributed by atoms with Gasteiger partial charge in [-0.05, 0) is 37.3 Å². The molecule has 0 radical (unpaired) electrons. The van der Waals surface area contributed by atoms with Crippen LogP contribution in [0.2, 0.25) is 0 Å². The largest absolute Gasteiger partial charge is 0.461 e. The molecule has 1 fully saturated rings. The van der Waals surface area contributed by atoms with Crippen LogP contribution in [0.25, 0.3) is 22.5 Å². The van der Waals surface area contributed by atoms with E-state index in [-0.39, 0.29) is 18.7 Å². The number of hydrogen-bond acceptors (Lipinski definition) is 6. The molecule has 0 aliphatic carbocycles. The van der Waals surface area contributed by atoms with Crippen molar-refractivity contribution in [3.63, 3.8) is 0 Å². The monoisotopic (exact) mass is 444 g/mol. The number of rotatable bonds is 4. The molecule has 0 bridgehead atoms. The normalized spacial score (nSPS) is 17.6. The first-order valence-corrected chi connectivity index (χ1v) is 10.6. The first kappa shape index (κ1) is 22.2. The standard InChI is InChI=1S/C25H24N4O4/c1-4-33-23(30)21-16-19(22-9-12-26-29(22)3)15-20(27-21)18-7-5-6-17(14-18)8-10-25(32)11-13-28(2)24(25)31/h5-7,9,12,14-16,32H,4,11,13H2,1-3H3. The molecule has 33 heavy (non-hydrogen) atoms. The lowest BCUT2D eigenvalue weighted by atomic mass is 10.0. The summed E-state index contributed by atoms with van der Waals surface area (Å²) in [6.07, 6.45) is 1.95. The van der Waals surface area contributed by atoms with Crippen molar-refractivity contribution in [2.24, 2.45) is 7.05 Å². The van der Waals surface area contributed by atoms with E-state index in [9.17, 15) is 14.7 Å². The lowest BCUT2D eigenvalue weighted by Gasteiger charge is -2.13. The predicted molar refractivity (Wildman–Crippen MR) is 122 cm³/mol. The Hall–Kier alpha value is -3.96. The highest BCUT2D eigenvalue weighted by molar-refractivity contribution is 5.91. The molecule has 3 aromatic rings. The van der Waals surface area contributed by atoms with Gasteiger partial charge in [-0.15, -0.1) is 0 Å². The summed E-state index contributed by atoms with van der Waals surface area (Å²) in [4.78, 5) is 30.6. The number of carbonyl (C=O) groups is 2. The predicted octanol–water partition coefficient (Wildman–Crippen LogP) is 2.27. The topological polar surface area (TPSA) is 97.5 Å². The van der Waals surface area contributed by atoms with Crippen molar-refractivity contribution in [2.45, 2.75) is 18.9 Å². The first-order valence-electron chi connectivity index (χ1n) is 10.6. The van der Waals surface area contributed by atoms with Gasteiger partial charge < -0.3 is 14.7 Å². The summed E-state index contributed by atoms with van der Waals surface area (Å²) < 4.78 is 6.88. The van der Waals surface area contributed by atoms with Crippen molar-refractivity contribution in [3.05, 3.63) is 59.9 Å². The van der Waals surface area contributed by atoms with Crippen LogP contribution in [0.3, 0.4) is 0 Å². The van der Waals surface area contributed by atoms with E-state index < -0.39 is 17.5 Å². The highest BCUT2D eigenvalue weighted by atomic mass is 16.5. The van der Waals surface area contributed by atoms with Gasteiger partial charge in [0.25, 0.3) is 5.91 Å². The van der Waals surface area contributed by atoms with Crippen LogP contribution in [-0.2, 0) is 16.6 Å². The summed E-state index contributed by atoms with van der Waals surface area (Å²) in [5.74, 6) is 4.74. The third-order valence-corrected chi connectivity index (χ3v) is 5.51. The van der Waals surface area contributed by atoms with Gasteiger partial charge in [0.2, 0.25) is 5.60 Å². The maximum atomic E-state index is 12.5. The van der Waals surface area contributed by atoms with Crippen molar-refractivity contribution in [3.8, 4) is 34.4 Å². The van der Waals surface area contributed by atoms with Gasteiger partial charge >= 0.3 is 5.97 Å². The minimum atomic E-state index is -1.67. The third-order valence-electron chi connectivity index (χ3n) is 5.51. The van der Waals surface area contributed by atoms with Crippen LogP contribution in [0.5, 0.6) is 0 Å². The highest BCUT2D eigenvalue weighted by Crippen LogP contribution is 2.27. The number of amides is 1. The Bertz CT molecular complexity index is 1290. The second kappa shape index (κ2) is 8.88. The van der Waals surface area contributed by atoms with Crippen LogP contribution in [0.15, 0.2) is 48.7 Å². The van der Waals surface area contributed by atoms with Gasteiger partial charge in [0, 0.05) is 49.9 Å². The fourth-order valence-corrected chi connectivity index (χ4v) is 3.69. The van der Waals surface area contributed by atoms with E-state index >= 15 is 0 Å². The molecular formula is C25H24N4O4. The Balaban J connectivity index is 1.74.